The first-order valence-corrected chi connectivity index (χ1v) is 4.70. The molecule has 0 bridgehead atoms. The van der Waals surface area contributed by atoms with Crippen LogP contribution >= 0.6 is 0 Å². The van der Waals surface area contributed by atoms with E-state index in [4.69, 9.17) is 4.74 Å². The molecular formula is C8H10N4O4. The van der Waals surface area contributed by atoms with Crippen LogP contribution in [0.2, 0.25) is 0 Å². The molecule has 1 N–H and O–H groups in total. The Hall–Kier alpha value is -1.96. The molecule has 8 nitrogen and oxygen atoms in total. The van der Waals surface area contributed by atoms with Gasteiger partial charge < -0.3 is 20.2 Å². The number of nitro groups is 1. The lowest BCUT2D eigenvalue weighted by atomic mass is 10.2. The topological polar surface area (TPSA) is 99.3 Å². The van der Waals surface area contributed by atoms with Crippen LogP contribution < -0.4 is 5.32 Å². The van der Waals surface area contributed by atoms with E-state index >= 15 is 0 Å². The van der Waals surface area contributed by atoms with Gasteiger partial charge in [0.15, 0.2) is 0 Å². The molecule has 1 saturated heterocycles. The lowest BCUT2D eigenvalue weighted by Gasteiger charge is -2.26. The van der Waals surface area contributed by atoms with Gasteiger partial charge in [-0.25, -0.2) is 0 Å². The molecular weight excluding hydrogens is 216 g/mol. The number of hydrogen-bond acceptors (Lipinski definition) is 5. The smallest absolute Gasteiger partial charge is 0.377 e. The van der Waals surface area contributed by atoms with E-state index in [1.54, 1.807) is 0 Å². The highest BCUT2D eigenvalue weighted by Gasteiger charge is 2.21. The van der Waals surface area contributed by atoms with E-state index in [0.717, 1.165) is 0 Å². The maximum Gasteiger partial charge on any atom is 0.389 e. The van der Waals surface area contributed by atoms with Gasteiger partial charge in [0.2, 0.25) is 5.91 Å². The predicted octanol–water partition coefficient (Wildman–Crippen LogP) is -0.694. The Balaban J connectivity index is 1.87. The highest BCUT2D eigenvalue weighted by atomic mass is 16.6. The molecule has 8 heteroatoms. The normalized spacial score (nSPS) is 15.5. The molecule has 0 radical (unpaired) electrons. The summed E-state index contributed by atoms with van der Waals surface area (Å²) in [7, 11) is 0. The molecule has 1 aliphatic rings. The van der Waals surface area contributed by atoms with Gasteiger partial charge in [0.25, 0.3) is 0 Å². The number of ether oxygens (including phenoxy) is 1. The standard InChI is InChI=1S/C8H10N4O4/c13-8(9-6-4-16-5-6)3-11-2-1-7(10-11)12(14)15/h1-2,6H,3-5H2,(H,9,13). The zero-order chi connectivity index (χ0) is 11.5. The Morgan fingerprint density at radius 3 is 3.00 bits per heavy atom. The number of aromatic nitrogens is 2. The first-order valence-electron chi connectivity index (χ1n) is 4.70. The van der Waals surface area contributed by atoms with Crippen molar-refractivity contribution in [1.82, 2.24) is 15.1 Å². The Morgan fingerprint density at radius 2 is 2.50 bits per heavy atom. The molecule has 1 fully saturated rings. The summed E-state index contributed by atoms with van der Waals surface area (Å²) in [6.45, 7) is 1.01. The third-order valence-corrected chi connectivity index (χ3v) is 2.12. The highest BCUT2D eigenvalue weighted by Crippen LogP contribution is 2.05. The molecule has 0 aromatic carbocycles. The van der Waals surface area contributed by atoms with Gasteiger partial charge in [-0.2, -0.15) is 4.68 Å². The van der Waals surface area contributed by atoms with Crippen LogP contribution in [-0.4, -0.2) is 39.9 Å². The minimum atomic E-state index is -0.603. The fourth-order valence-electron chi connectivity index (χ4n) is 1.28. The van der Waals surface area contributed by atoms with Crippen molar-refractivity contribution >= 4 is 11.7 Å². The third-order valence-electron chi connectivity index (χ3n) is 2.12. The van der Waals surface area contributed by atoms with Crippen molar-refractivity contribution < 1.29 is 14.5 Å². The zero-order valence-corrected chi connectivity index (χ0v) is 8.33. The molecule has 1 aromatic rings. The number of rotatable bonds is 4. The van der Waals surface area contributed by atoms with E-state index in [-0.39, 0.29) is 24.3 Å². The number of carbonyl (C=O) groups is 1. The van der Waals surface area contributed by atoms with Gasteiger partial charge in [-0.05, 0) is 4.92 Å². The molecule has 0 spiro atoms. The molecule has 0 saturated carbocycles. The van der Waals surface area contributed by atoms with Crippen LogP contribution in [-0.2, 0) is 16.1 Å². The summed E-state index contributed by atoms with van der Waals surface area (Å²) < 4.78 is 6.12. The molecule has 2 heterocycles. The summed E-state index contributed by atoms with van der Waals surface area (Å²) in [5.41, 5.74) is 0. The van der Waals surface area contributed by atoms with Gasteiger partial charge in [0, 0.05) is 0 Å². The maximum atomic E-state index is 11.4. The number of hydrogen-bond donors (Lipinski definition) is 1. The lowest BCUT2D eigenvalue weighted by molar-refractivity contribution is -0.389. The summed E-state index contributed by atoms with van der Waals surface area (Å²) in [6.07, 6.45) is 1.40. The van der Waals surface area contributed by atoms with Crippen molar-refractivity contribution in [2.75, 3.05) is 13.2 Å². The largest absolute Gasteiger partial charge is 0.389 e. The minimum absolute atomic E-state index is 0.0235. The summed E-state index contributed by atoms with van der Waals surface area (Å²) in [6, 6.07) is 1.30. The second-order valence-corrected chi connectivity index (χ2v) is 3.43. The monoisotopic (exact) mass is 226 g/mol. The second-order valence-electron chi connectivity index (χ2n) is 3.43. The average Bonchev–Trinajstić information content (AvgIpc) is 2.60. The van der Waals surface area contributed by atoms with Gasteiger partial charge >= 0.3 is 5.82 Å². The van der Waals surface area contributed by atoms with Crippen LogP contribution in [0, 0.1) is 10.1 Å². The van der Waals surface area contributed by atoms with E-state index in [2.05, 4.69) is 10.4 Å². The maximum absolute atomic E-state index is 11.4. The van der Waals surface area contributed by atoms with Gasteiger partial charge in [-0.15, -0.1) is 0 Å². The summed E-state index contributed by atoms with van der Waals surface area (Å²) in [5, 5.41) is 16.7. The minimum Gasteiger partial charge on any atom is -0.377 e. The Bertz CT molecular complexity index is 412. The van der Waals surface area contributed by atoms with Crippen molar-refractivity contribution in [3.05, 3.63) is 22.4 Å². The van der Waals surface area contributed by atoms with E-state index in [0.29, 0.717) is 13.2 Å². The van der Waals surface area contributed by atoms with Crippen molar-refractivity contribution in [2.24, 2.45) is 0 Å². The van der Waals surface area contributed by atoms with Crippen LogP contribution in [0.25, 0.3) is 0 Å². The van der Waals surface area contributed by atoms with Gasteiger partial charge in [-0.3, -0.25) is 4.79 Å². The van der Waals surface area contributed by atoms with Crippen LogP contribution in [0.5, 0.6) is 0 Å². The second kappa shape index (κ2) is 4.27. The number of amides is 1. The molecule has 1 amide bonds. The van der Waals surface area contributed by atoms with E-state index in [9.17, 15) is 14.9 Å². The highest BCUT2D eigenvalue weighted by molar-refractivity contribution is 5.76. The number of nitrogens with one attached hydrogen (secondary N) is 1. The lowest BCUT2D eigenvalue weighted by Crippen LogP contribution is -2.49. The van der Waals surface area contributed by atoms with Crippen molar-refractivity contribution in [3.8, 4) is 0 Å². The summed E-state index contributed by atoms with van der Waals surface area (Å²) >= 11 is 0. The van der Waals surface area contributed by atoms with Crippen molar-refractivity contribution in [2.45, 2.75) is 12.6 Å². The van der Waals surface area contributed by atoms with Crippen molar-refractivity contribution in [1.29, 1.82) is 0 Å². The quantitative estimate of drug-likeness (QED) is 0.541. The Labute approximate surface area is 90.3 Å². The Kier molecular flexibility index (Phi) is 2.82. The predicted molar refractivity (Wildman–Crippen MR) is 51.6 cm³/mol. The average molecular weight is 226 g/mol. The molecule has 1 aromatic heterocycles. The molecule has 2 rings (SSSR count). The van der Waals surface area contributed by atoms with Gasteiger partial charge in [0.05, 0.1) is 36.6 Å². The van der Waals surface area contributed by atoms with Crippen LogP contribution in [0.15, 0.2) is 12.3 Å². The number of nitrogens with zero attached hydrogens (tertiary/aromatic N) is 3. The fourth-order valence-corrected chi connectivity index (χ4v) is 1.28. The fraction of sp³-hybridized carbons (Fsp3) is 0.500. The van der Waals surface area contributed by atoms with Crippen LogP contribution in [0.3, 0.4) is 0 Å². The third kappa shape index (κ3) is 2.34. The van der Waals surface area contributed by atoms with Gasteiger partial charge in [-0.1, -0.05) is 0 Å². The SMILES string of the molecule is O=C(Cn1ccc([N+](=O)[O-])n1)NC1COC1. The zero-order valence-electron chi connectivity index (χ0n) is 8.33. The molecule has 16 heavy (non-hydrogen) atoms. The molecule has 0 unspecified atom stereocenters. The molecule has 0 aliphatic carbocycles. The van der Waals surface area contributed by atoms with E-state index in [1.807, 2.05) is 0 Å². The van der Waals surface area contributed by atoms with Gasteiger partial charge in [0.1, 0.15) is 6.54 Å². The van der Waals surface area contributed by atoms with Crippen LogP contribution in [0.4, 0.5) is 5.82 Å². The van der Waals surface area contributed by atoms with E-state index in [1.165, 1.54) is 16.9 Å². The van der Waals surface area contributed by atoms with Crippen molar-refractivity contribution in [3.63, 3.8) is 0 Å². The van der Waals surface area contributed by atoms with E-state index < -0.39 is 4.92 Å². The molecule has 0 atom stereocenters. The number of carbonyl (C=O) groups excluding carboxylic acids is 1. The van der Waals surface area contributed by atoms with Crippen LogP contribution in [0.1, 0.15) is 0 Å². The first kappa shape index (κ1) is 10.6. The summed E-state index contributed by atoms with van der Waals surface area (Å²) in [4.78, 5) is 21.1. The molecule has 86 valence electrons. The Morgan fingerprint density at radius 1 is 1.75 bits per heavy atom. The first-order chi connectivity index (χ1) is 7.65. The molecule has 1 aliphatic heterocycles. The summed E-state index contributed by atoms with van der Waals surface area (Å²) in [5.74, 6) is -0.494.